The zero-order valence-electron chi connectivity index (χ0n) is 16.6. The number of rotatable bonds is 4. The fourth-order valence-corrected chi connectivity index (χ4v) is 3.40. The molecule has 1 saturated carbocycles. The maximum atomic E-state index is 13.9. The van der Waals surface area contributed by atoms with Gasteiger partial charge in [0.1, 0.15) is 11.5 Å². The highest BCUT2D eigenvalue weighted by Gasteiger charge is 2.26. The molecule has 0 amide bonds. The topological polar surface area (TPSA) is 73.8 Å². The Morgan fingerprint density at radius 2 is 1.80 bits per heavy atom. The van der Waals surface area contributed by atoms with Crippen LogP contribution in [0.25, 0.3) is 28.7 Å². The van der Waals surface area contributed by atoms with Crippen LogP contribution in [0.4, 0.5) is 4.39 Å². The maximum Gasteiger partial charge on any atom is 0.353 e. The lowest BCUT2D eigenvalue weighted by Gasteiger charge is -2.05. The number of benzene rings is 1. The lowest BCUT2D eigenvalue weighted by molar-refractivity contribution is 0.580. The van der Waals surface area contributed by atoms with Crippen LogP contribution in [0.2, 0.25) is 0 Å². The van der Waals surface area contributed by atoms with Crippen LogP contribution in [0.5, 0.6) is 0 Å². The van der Waals surface area contributed by atoms with Gasteiger partial charge in [0, 0.05) is 29.4 Å². The molecule has 0 radical (unpaired) electrons. The minimum Gasteiger partial charge on any atom is -0.432 e. The Kier molecular flexibility index (Phi) is 4.31. The van der Waals surface area contributed by atoms with Crippen LogP contribution in [-0.2, 0) is 0 Å². The summed E-state index contributed by atoms with van der Waals surface area (Å²) in [6.07, 6.45) is 3.79. The molecule has 30 heavy (non-hydrogen) atoms. The molecular weight excluding hydrogens is 383 g/mol. The summed E-state index contributed by atoms with van der Waals surface area (Å²) >= 11 is 0. The van der Waals surface area contributed by atoms with Gasteiger partial charge >= 0.3 is 5.69 Å². The Bertz CT molecular complexity index is 1280. The van der Waals surface area contributed by atoms with Gasteiger partial charge in [0.15, 0.2) is 11.6 Å². The second-order valence-corrected chi connectivity index (χ2v) is 7.63. The SMILES string of the molecule is Cc1ccc(-c2oc(-c3cc(F)cc(C)n3)nc2-n2ccc(C3CC3)nc2=O)cc1. The summed E-state index contributed by atoms with van der Waals surface area (Å²) in [6, 6.07) is 12.1. The normalized spacial score (nSPS) is 13.6. The predicted molar refractivity (Wildman–Crippen MR) is 110 cm³/mol. The molecule has 3 heterocycles. The smallest absolute Gasteiger partial charge is 0.353 e. The molecule has 7 heteroatoms. The van der Waals surface area contributed by atoms with Gasteiger partial charge < -0.3 is 4.42 Å². The number of pyridine rings is 1. The molecule has 0 bridgehead atoms. The van der Waals surface area contributed by atoms with Crippen LogP contribution in [-0.4, -0.2) is 19.5 Å². The summed E-state index contributed by atoms with van der Waals surface area (Å²) in [5.41, 5.74) is 3.00. The molecule has 150 valence electrons. The average Bonchev–Trinajstić information content (AvgIpc) is 3.47. The molecule has 1 aromatic carbocycles. The van der Waals surface area contributed by atoms with Gasteiger partial charge in [-0.05, 0) is 38.8 Å². The van der Waals surface area contributed by atoms with E-state index in [1.165, 1.54) is 16.7 Å². The van der Waals surface area contributed by atoms with E-state index in [9.17, 15) is 9.18 Å². The molecular formula is C23H19FN4O2. The first kappa shape index (κ1) is 18.4. The van der Waals surface area contributed by atoms with Crippen molar-refractivity contribution in [2.24, 2.45) is 0 Å². The van der Waals surface area contributed by atoms with Crippen molar-refractivity contribution in [2.75, 3.05) is 0 Å². The van der Waals surface area contributed by atoms with E-state index in [4.69, 9.17) is 4.42 Å². The molecule has 0 N–H and O–H groups in total. The highest BCUT2D eigenvalue weighted by Crippen LogP contribution is 2.38. The number of hydrogen-bond donors (Lipinski definition) is 0. The first-order chi connectivity index (χ1) is 14.5. The highest BCUT2D eigenvalue weighted by atomic mass is 19.1. The fraction of sp³-hybridized carbons (Fsp3) is 0.217. The number of oxazole rings is 1. The largest absolute Gasteiger partial charge is 0.432 e. The average molecular weight is 402 g/mol. The summed E-state index contributed by atoms with van der Waals surface area (Å²) in [4.78, 5) is 25.8. The van der Waals surface area contributed by atoms with Gasteiger partial charge in [-0.15, -0.1) is 0 Å². The van der Waals surface area contributed by atoms with Crippen LogP contribution in [0.15, 0.2) is 57.9 Å². The molecule has 5 rings (SSSR count). The van der Waals surface area contributed by atoms with Gasteiger partial charge in [-0.1, -0.05) is 29.8 Å². The third kappa shape index (κ3) is 3.43. The van der Waals surface area contributed by atoms with Gasteiger partial charge in [0.2, 0.25) is 5.89 Å². The van der Waals surface area contributed by atoms with E-state index in [0.29, 0.717) is 23.2 Å². The molecule has 0 saturated heterocycles. The van der Waals surface area contributed by atoms with Gasteiger partial charge in [-0.2, -0.15) is 9.97 Å². The molecule has 1 fully saturated rings. The van der Waals surface area contributed by atoms with E-state index in [-0.39, 0.29) is 11.6 Å². The molecule has 3 aromatic heterocycles. The first-order valence-electron chi connectivity index (χ1n) is 9.80. The van der Waals surface area contributed by atoms with Crippen molar-refractivity contribution in [3.8, 4) is 28.7 Å². The maximum absolute atomic E-state index is 13.9. The third-order valence-corrected chi connectivity index (χ3v) is 5.11. The molecule has 1 aliphatic rings. The van der Waals surface area contributed by atoms with Gasteiger partial charge in [0.25, 0.3) is 0 Å². The quantitative estimate of drug-likeness (QED) is 0.499. The van der Waals surface area contributed by atoms with Crippen molar-refractivity contribution >= 4 is 0 Å². The molecule has 0 aliphatic heterocycles. The minimum atomic E-state index is -0.429. The van der Waals surface area contributed by atoms with Gasteiger partial charge in [-0.25, -0.2) is 18.7 Å². The molecule has 0 unspecified atom stereocenters. The molecule has 1 aliphatic carbocycles. The lowest BCUT2D eigenvalue weighted by Crippen LogP contribution is -2.22. The van der Waals surface area contributed by atoms with Crippen LogP contribution >= 0.6 is 0 Å². The Labute approximate surface area is 172 Å². The van der Waals surface area contributed by atoms with Crippen molar-refractivity contribution in [3.63, 3.8) is 0 Å². The van der Waals surface area contributed by atoms with E-state index in [2.05, 4.69) is 15.0 Å². The molecule has 0 atom stereocenters. The number of nitrogens with zero attached hydrogens (tertiary/aromatic N) is 4. The predicted octanol–water partition coefficient (Wildman–Crippen LogP) is 4.58. The van der Waals surface area contributed by atoms with E-state index < -0.39 is 11.5 Å². The van der Waals surface area contributed by atoms with Crippen LogP contribution in [0.3, 0.4) is 0 Å². The standard InChI is InChI=1S/C23H19FN4O2/c1-13-3-5-16(6-4-13)20-21(28-10-9-18(15-7-8-15)26-23(28)29)27-22(30-20)19-12-17(24)11-14(2)25-19/h3-6,9-12,15H,7-8H2,1-2H3. The van der Waals surface area contributed by atoms with Crippen LogP contribution < -0.4 is 5.69 Å². The Morgan fingerprint density at radius 1 is 1.03 bits per heavy atom. The number of aromatic nitrogens is 4. The number of halogens is 1. The summed E-state index contributed by atoms with van der Waals surface area (Å²) in [5, 5.41) is 0. The monoisotopic (exact) mass is 402 g/mol. The second-order valence-electron chi connectivity index (χ2n) is 7.63. The van der Waals surface area contributed by atoms with E-state index in [1.807, 2.05) is 37.3 Å². The van der Waals surface area contributed by atoms with Crippen molar-refractivity contribution in [3.05, 3.63) is 81.9 Å². The van der Waals surface area contributed by atoms with E-state index in [1.54, 1.807) is 13.1 Å². The summed E-state index contributed by atoms with van der Waals surface area (Å²) in [5.74, 6) is 0.786. The summed E-state index contributed by atoms with van der Waals surface area (Å²) < 4.78 is 21.3. The van der Waals surface area contributed by atoms with Gasteiger partial charge in [0.05, 0.1) is 5.69 Å². The van der Waals surface area contributed by atoms with E-state index >= 15 is 0 Å². The summed E-state index contributed by atoms with van der Waals surface area (Å²) in [7, 11) is 0. The molecule has 6 nitrogen and oxygen atoms in total. The lowest BCUT2D eigenvalue weighted by atomic mass is 10.1. The third-order valence-electron chi connectivity index (χ3n) is 5.11. The van der Waals surface area contributed by atoms with Crippen molar-refractivity contribution in [1.29, 1.82) is 0 Å². The van der Waals surface area contributed by atoms with Crippen molar-refractivity contribution in [2.45, 2.75) is 32.6 Å². The Balaban J connectivity index is 1.69. The highest BCUT2D eigenvalue weighted by molar-refractivity contribution is 5.68. The second kappa shape index (κ2) is 7.02. The molecule has 4 aromatic rings. The Morgan fingerprint density at radius 3 is 2.47 bits per heavy atom. The molecule has 0 spiro atoms. The zero-order chi connectivity index (χ0) is 20.8. The fourth-order valence-electron chi connectivity index (χ4n) is 3.40. The van der Waals surface area contributed by atoms with Crippen LogP contribution in [0, 0.1) is 19.7 Å². The Hall–Kier alpha value is -3.61. The summed E-state index contributed by atoms with van der Waals surface area (Å²) in [6.45, 7) is 3.68. The first-order valence-corrected chi connectivity index (χ1v) is 9.80. The van der Waals surface area contributed by atoms with Crippen LogP contribution in [0.1, 0.15) is 35.7 Å². The number of aryl methyl sites for hydroxylation is 2. The minimum absolute atomic E-state index is 0.140. The van der Waals surface area contributed by atoms with Gasteiger partial charge in [-0.3, -0.25) is 0 Å². The zero-order valence-corrected chi connectivity index (χ0v) is 16.6. The number of hydrogen-bond acceptors (Lipinski definition) is 5. The van der Waals surface area contributed by atoms with Crippen molar-refractivity contribution < 1.29 is 8.81 Å². The van der Waals surface area contributed by atoms with Crippen molar-refractivity contribution in [1.82, 2.24) is 19.5 Å². The van der Waals surface area contributed by atoms with E-state index in [0.717, 1.165) is 29.7 Å².